The molecule has 0 radical (unpaired) electrons. The highest BCUT2D eigenvalue weighted by Crippen LogP contribution is 2.38. The maximum Gasteiger partial charge on any atom is 0.325 e. The van der Waals surface area contributed by atoms with Crippen LogP contribution in [0.3, 0.4) is 0 Å². The molecule has 1 aromatic carbocycles. The number of nitrogens with zero attached hydrogens (tertiary/aromatic N) is 1. The van der Waals surface area contributed by atoms with Gasteiger partial charge in [-0.25, -0.2) is 4.79 Å². The molecule has 1 aliphatic carbocycles. The Morgan fingerprint density at radius 1 is 1.30 bits per heavy atom. The molecule has 6 nitrogen and oxygen atoms in total. The van der Waals surface area contributed by atoms with E-state index in [1.54, 1.807) is 11.8 Å². The zero-order chi connectivity index (χ0) is 19.3. The maximum absolute atomic E-state index is 12.8. The Hall–Kier alpha value is -2.02. The SMILES string of the molecule is C[C@@H]1CCCC[C@]12NC(=O)N(CC(=O)NCCCSc1ccccc1)C2=O. The van der Waals surface area contributed by atoms with Crippen molar-refractivity contribution in [1.29, 1.82) is 0 Å². The third-order valence-electron chi connectivity index (χ3n) is 5.46. The van der Waals surface area contributed by atoms with Gasteiger partial charge in [-0.05, 0) is 43.1 Å². The summed E-state index contributed by atoms with van der Waals surface area (Å²) in [6.07, 6.45) is 4.41. The second kappa shape index (κ2) is 8.78. The van der Waals surface area contributed by atoms with Crippen LogP contribution < -0.4 is 10.6 Å². The number of thioether (sulfide) groups is 1. The molecule has 0 bridgehead atoms. The average molecular weight is 390 g/mol. The number of rotatable bonds is 7. The van der Waals surface area contributed by atoms with E-state index in [1.807, 2.05) is 25.1 Å². The number of benzene rings is 1. The summed E-state index contributed by atoms with van der Waals surface area (Å²) in [5.74, 6) is 0.470. The molecule has 27 heavy (non-hydrogen) atoms. The van der Waals surface area contributed by atoms with E-state index in [-0.39, 0.29) is 24.3 Å². The fraction of sp³-hybridized carbons (Fsp3) is 0.550. The highest BCUT2D eigenvalue weighted by molar-refractivity contribution is 7.99. The first kappa shape index (κ1) is 19.7. The van der Waals surface area contributed by atoms with Gasteiger partial charge in [0.05, 0.1) is 0 Å². The molecular weight excluding hydrogens is 362 g/mol. The van der Waals surface area contributed by atoms with Crippen molar-refractivity contribution in [2.45, 2.75) is 49.5 Å². The number of imide groups is 1. The number of hydrogen-bond donors (Lipinski definition) is 2. The van der Waals surface area contributed by atoms with E-state index in [1.165, 1.54) is 4.90 Å². The van der Waals surface area contributed by atoms with E-state index in [0.717, 1.165) is 36.3 Å². The molecule has 2 aliphatic rings. The minimum atomic E-state index is -0.804. The molecule has 1 saturated carbocycles. The predicted octanol–water partition coefficient (Wildman–Crippen LogP) is 2.79. The van der Waals surface area contributed by atoms with Gasteiger partial charge < -0.3 is 10.6 Å². The van der Waals surface area contributed by atoms with Crippen LogP contribution in [-0.4, -0.2) is 47.1 Å². The van der Waals surface area contributed by atoms with Crippen LogP contribution in [0.25, 0.3) is 0 Å². The smallest absolute Gasteiger partial charge is 0.325 e. The Kier molecular flexibility index (Phi) is 6.42. The minimum Gasteiger partial charge on any atom is -0.355 e. The van der Waals surface area contributed by atoms with Gasteiger partial charge in [-0.1, -0.05) is 38.0 Å². The van der Waals surface area contributed by atoms with Gasteiger partial charge in [0, 0.05) is 11.4 Å². The van der Waals surface area contributed by atoms with Crippen LogP contribution in [0.4, 0.5) is 4.79 Å². The second-order valence-corrected chi connectivity index (χ2v) is 8.47. The molecule has 146 valence electrons. The van der Waals surface area contributed by atoms with Crippen molar-refractivity contribution in [3.63, 3.8) is 0 Å². The number of urea groups is 1. The minimum absolute atomic E-state index is 0.103. The largest absolute Gasteiger partial charge is 0.355 e. The van der Waals surface area contributed by atoms with Crippen LogP contribution in [0.15, 0.2) is 35.2 Å². The van der Waals surface area contributed by atoms with Crippen LogP contribution in [0.1, 0.15) is 39.0 Å². The lowest BCUT2D eigenvalue weighted by molar-refractivity contribution is -0.137. The molecule has 0 unspecified atom stereocenters. The Bertz CT molecular complexity index is 697. The number of carbonyl (C=O) groups excluding carboxylic acids is 3. The number of carbonyl (C=O) groups is 3. The van der Waals surface area contributed by atoms with Gasteiger partial charge in [0.15, 0.2) is 0 Å². The first-order chi connectivity index (χ1) is 13.0. The van der Waals surface area contributed by atoms with E-state index in [0.29, 0.717) is 13.0 Å². The lowest BCUT2D eigenvalue weighted by Crippen LogP contribution is -2.54. The third-order valence-corrected chi connectivity index (χ3v) is 6.56. The molecule has 4 amide bonds. The van der Waals surface area contributed by atoms with Crippen molar-refractivity contribution >= 4 is 29.6 Å². The lowest BCUT2D eigenvalue weighted by atomic mass is 9.73. The molecule has 7 heteroatoms. The first-order valence-corrected chi connectivity index (χ1v) is 10.6. The second-order valence-electron chi connectivity index (χ2n) is 7.30. The average Bonchev–Trinajstić information content (AvgIpc) is 2.90. The fourth-order valence-corrected chi connectivity index (χ4v) is 4.72. The van der Waals surface area contributed by atoms with Crippen molar-refractivity contribution in [2.75, 3.05) is 18.8 Å². The van der Waals surface area contributed by atoms with Crippen molar-refractivity contribution in [3.8, 4) is 0 Å². The van der Waals surface area contributed by atoms with Crippen molar-refractivity contribution in [1.82, 2.24) is 15.5 Å². The van der Waals surface area contributed by atoms with Gasteiger partial charge in [0.25, 0.3) is 5.91 Å². The predicted molar refractivity (Wildman–Crippen MR) is 105 cm³/mol. The van der Waals surface area contributed by atoms with E-state index < -0.39 is 11.6 Å². The van der Waals surface area contributed by atoms with Crippen LogP contribution in [0.2, 0.25) is 0 Å². The Morgan fingerprint density at radius 2 is 2.07 bits per heavy atom. The quantitative estimate of drug-likeness (QED) is 0.427. The molecule has 1 aliphatic heterocycles. The van der Waals surface area contributed by atoms with Crippen LogP contribution in [0.5, 0.6) is 0 Å². The maximum atomic E-state index is 12.8. The lowest BCUT2D eigenvalue weighted by Gasteiger charge is -2.36. The summed E-state index contributed by atoms with van der Waals surface area (Å²) in [6, 6.07) is 9.66. The molecule has 1 saturated heterocycles. The monoisotopic (exact) mass is 389 g/mol. The zero-order valence-corrected chi connectivity index (χ0v) is 16.5. The number of amides is 4. The summed E-state index contributed by atoms with van der Waals surface area (Å²) >= 11 is 1.74. The van der Waals surface area contributed by atoms with Crippen LogP contribution in [-0.2, 0) is 9.59 Å². The van der Waals surface area contributed by atoms with Gasteiger partial charge >= 0.3 is 6.03 Å². The summed E-state index contributed by atoms with van der Waals surface area (Å²) in [7, 11) is 0. The molecule has 1 spiro atoms. The summed E-state index contributed by atoms with van der Waals surface area (Å²) in [6.45, 7) is 2.33. The van der Waals surface area contributed by atoms with Crippen LogP contribution in [0, 0.1) is 5.92 Å². The van der Waals surface area contributed by atoms with Gasteiger partial charge in [0.2, 0.25) is 5.91 Å². The van der Waals surface area contributed by atoms with Crippen molar-refractivity contribution in [3.05, 3.63) is 30.3 Å². The van der Waals surface area contributed by atoms with Gasteiger partial charge in [-0.15, -0.1) is 11.8 Å². The normalized spacial score (nSPS) is 24.9. The topological polar surface area (TPSA) is 78.5 Å². The van der Waals surface area contributed by atoms with Crippen molar-refractivity contribution < 1.29 is 14.4 Å². The Morgan fingerprint density at radius 3 is 2.81 bits per heavy atom. The fourth-order valence-electron chi connectivity index (χ4n) is 3.85. The van der Waals surface area contributed by atoms with Gasteiger partial charge in [-0.3, -0.25) is 14.5 Å². The molecular formula is C20H27N3O3S. The molecule has 2 atom stereocenters. The summed E-state index contributed by atoms with van der Waals surface area (Å²) < 4.78 is 0. The summed E-state index contributed by atoms with van der Waals surface area (Å²) in [5.41, 5.74) is -0.804. The molecule has 0 aromatic heterocycles. The van der Waals surface area contributed by atoms with E-state index in [4.69, 9.17) is 0 Å². The van der Waals surface area contributed by atoms with Gasteiger partial charge in [0.1, 0.15) is 12.1 Å². The Labute approximate surface area is 164 Å². The zero-order valence-electron chi connectivity index (χ0n) is 15.7. The molecule has 3 rings (SSSR count). The molecule has 2 fully saturated rings. The van der Waals surface area contributed by atoms with E-state index in [2.05, 4.69) is 22.8 Å². The van der Waals surface area contributed by atoms with E-state index >= 15 is 0 Å². The standard InChI is InChI=1S/C20H27N3O3S/c1-15-8-5-6-11-20(15)18(25)23(19(26)22-20)14-17(24)21-12-7-13-27-16-9-3-2-4-10-16/h2-4,9-10,15H,5-8,11-14H2,1H3,(H,21,24)(H,22,26)/t15-,20+/m1/s1. The molecule has 1 aromatic rings. The first-order valence-electron chi connectivity index (χ1n) is 9.61. The van der Waals surface area contributed by atoms with Crippen LogP contribution >= 0.6 is 11.8 Å². The molecule has 1 heterocycles. The highest BCUT2D eigenvalue weighted by Gasteiger charge is 2.55. The third kappa shape index (κ3) is 4.46. The number of hydrogen-bond acceptors (Lipinski definition) is 4. The number of nitrogens with one attached hydrogen (secondary N) is 2. The summed E-state index contributed by atoms with van der Waals surface area (Å²) in [5, 5.41) is 5.69. The van der Waals surface area contributed by atoms with Gasteiger partial charge in [-0.2, -0.15) is 0 Å². The van der Waals surface area contributed by atoms with E-state index in [9.17, 15) is 14.4 Å². The summed E-state index contributed by atoms with van der Waals surface area (Å²) in [4.78, 5) is 39.6. The Balaban J connectivity index is 1.42. The highest BCUT2D eigenvalue weighted by atomic mass is 32.2. The molecule has 2 N–H and O–H groups in total. The van der Waals surface area contributed by atoms with Crippen molar-refractivity contribution in [2.24, 2.45) is 5.92 Å².